The van der Waals surface area contributed by atoms with Crippen molar-refractivity contribution in [2.24, 2.45) is 0 Å². The molecule has 4 aromatic rings. The van der Waals surface area contributed by atoms with Crippen LogP contribution in [0, 0.1) is 0 Å². The van der Waals surface area contributed by atoms with E-state index in [0.717, 1.165) is 42.1 Å². The number of hydrogen-bond acceptors (Lipinski definition) is 0. The molecule has 3 heterocycles. The number of nitrogens with zero attached hydrogens (tertiary/aromatic N) is 2. The fourth-order valence-electron chi connectivity index (χ4n) is 6.43. The highest BCUT2D eigenvalue weighted by atomic mass is 19.4. The van der Waals surface area contributed by atoms with Crippen molar-refractivity contribution in [3.8, 4) is 11.3 Å². The number of hydrogen-bond donors (Lipinski definition) is 0. The van der Waals surface area contributed by atoms with E-state index in [4.69, 9.17) is 0 Å². The van der Waals surface area contributed by atoms with Crippen LogP contribution in [0.5, 0.6) is 0 Å². The van der Waals surface area contributed by atoms with Crippen LogP contribution >= 0.6 is 0 Å². The van der Waals surface area contributed by atoms with E-state index >= 15 is 0 Å². The van der Waals surface area contributed by atoms with Crippen LogP contribution in [0.15, 0.2) is 54.9 Å². The zero-order valence-corrected chi connectivity index (χ0v) is 21.3. The number of unbranched alkanes of at least 4 members (excludes halogenated alkanes) is 1. The fraction of sp³-hybridized carbons (Fsp3) is 0.433. The minimum atomic E-state index is -4.43. The summed E-state index contributed by atoms with van der Waals surface area (Å²) in [7, 11) is 0. The van der Waals surface area contributed by atoms with Gasteiger partial charge in [-0.15, -0.1) is 0 Å². The standard InChI is InChI=1S/C30H34F3N2/c1-6-9-12-21-14-10-15-22(26(21)30(31,32)33)24-19-35-27-25-20(17-18-34(24)27)13-11-16-23(25)28(4,7-2)29(35,5)8-3/h10-11,13-19H,6-9,12H2,1-5H3/q+1. The van der Waals surface area contributed by atoms with Crippen LogP contribution in [-0.4, -0.2) is 4.40 Å². The van der Waals surface area contributed by atoms with Crippen molar-refractivity contribution < 1.29 is 17.7 Å². The quantitative estimate of drug-likeness (QED) is 0.246. The van der Waals surface area contributed by atoms with Crippen LogP contribution in [0.1, 0.15) is 77.0 Å². The van der Waals surface area contributed by atoms with Crippen LogP contribution in [0.2, 0.25) is 0 Å². The third-order valence-electron chi connectivity index (χ3n) is 8.91. The SMILES string of the molecule is CCCCc1cccc(-c2c[n+]3c4c5c(cccc5ccn24)C(C)(CC)C3(C)CC)c1C(F)(F)F. The van der Waals surface area contributed by atoms with Gasteiger partial charge in [0.1, 0.15) is 11.7 Å². The van der Waals surface area contributed by atoms with Crippen LogP contribution in [0.25, 0.3) is 27.7 Å². The van der Waals surface area contributed by atoms with Crippen LogP contribution in [0.4, 0.5) is 13.2 Å². The molecule has 2 aromatic heterocycles. The fourth-order valence-corrected chi connectivity index (χ4v) is 6.43. The molecule has 35 heavy (non-hydrogen) atoms. The maximum atomic E-state index is 14.6. The number of rotatable bonds is 6. The summed E-state index contributed by atoms with van der Waals surface area (Å²) >= 11 is 0. The van der Waals surface area contributed by atoms with Gasteiger partial charge in [0.15, 0.2) is 5.69 Å². The first kappa shape index (κ1) is 23.9. The molecular formula is C30H34F3N2+. The maximum Gasteiger partial charge on any atom is 0.417 e. The Morgan fingerprint density at radius 2 is 1.69 bits per heavy atom. The summed E-state index contributed by atoms with van der Waals surface area (Å²) in [5, 5.41) is 2.27. The Kier molecular flexibility index (Phi) is 5.54. The summed E-state index contributed by atoms with van der Waals surface area (Å²) in [5.74, 6) is 0. The molecule has 0 saturated carbocycles. The summed E-state index contributed by atoms with van der Waals surface area (Å²) in [6.07, 6.45) is 3.32. The van der Waals surface area contributed by atoms with Crippen LogP contribution < -0.4 is 4.57 Å². The lowest BCUT2D eigenvalue weighted by Crippen LogP contribution is -2.65. The van der Waals surface area contributed by atoms with E-state index in [1.165, 1.54) is 5.56 Å². The van der Waals surface area contributed by atoms with Gasteiger partial charge in [0.2, 0.25) is 0 Å². The van der Waals surface area contributed by atoms with Gasteiger partial charge < -0.3 is 0 Å². The van der Waals surface area contributed by atoms with E-state index < -0.39 is 11.7 Å². The molecule has 0 bridgehead atoms. The second kappa shape index (κ2) is 8.11. The minimum Gasteiger partial charge on any atom is -0.223 e. The first-order valence-corrected chi connectivity index (χ1v) is 12.8. The third-order valence-corrected chi connectivity index (χ3v) is 8.91. The molecule has 0 spiro atoms. The van der Waals surface area contributed by atoms with Crippen molar-refractivity contribution in [2.75, 3.05) is 0 Å². The number of aromatic nitrogens is 2. The molecule has 2 unspecified atom stereocenters. The van der Waals surface area contributed by atoms with Gasteiger partial charge in [0.05, 0.1) is 17.1 Å². The van der Waals surface area contributed by atoms with Crippen molar-refractivity contribution in [2.45, 2.75) is 83.9 Å². The van der Waals surface area contributed by atoms with E-state index in [-0.39, 0.29) is 16.5 Å². The van der Waals surface area contributed by atoms with E-state index in [1.54, 1.807) is 18.2 Å². The van der Waals surface area contributed by atoms with Crippen molar-refractivity contribution in [1.82, 2.24) is 4.40 Å². The number of alkyl halides is 3. The molecule has 0 amide bonds. The summed E-state index contributed by atoms with van der Waals surface area (Å²) in [5.41, 5.74) is 2.56. The number of benzene rings is 2. The molecule has 5 rings (SSSR count). The summed E-state index contributed by atoms with van der Waals surface area (Å²) in [6.45, 7) is 11.0. The van der Waals surface area contributed by atoms with Gasteiger partial charge in [0.25, 0.3) is 5.65 Å². The highest BCUT2D eigenvalue weighted by Gasteiger charge is 2.54. The van der Waals surface area contributed by atoms with Crippen molar-refractivity contribution in [1.29, 1.82) is 0 Å². The van der Waals surface area contributed by atoms with Crippen LogP contribution in [-0.2, 0) is 23.6 Å². The molecule has 2 aromatic carbocycles. The summed E-state index contributed by atoms with van der Waals surface area (Å²) < 4.78 is 47.9. The normalized spacial score (nSPS) is 21.9. The summed E-state index contributed by atoms with van der Waals surface area (Å²) in [4.78, 5) is 0. The van der Waals surface area contributed by atoms with Gasteiger partial charge in [-0.3, -0.25) is 0 Å². The Balaban J connectivity index is 1.92. The first-order valence-electron chi connectivity index (χ1n) is 12.8. The van der Waals surface area contributed by atoms with Gasteiger partial charge in [-0.25, -0.2) is 4.57 Å². The highest BCUT2D eigenvalue weighted by molar-refractivity contribution is 5.97. The molecule has 2 nitrogen and oxygen atoms in total. The van der Waals surface area contributed by atoms with E-state index in [9.17, 15) is 13.2 Å². The predicted molar refractivity (Wildman–Crippen MR) is 136 cm³/mol. The largest absolute Gasteiger partial charge is 0.417 e. The molecule has 184 valence electrons. The zero-order chi connectivity index (χ0) is 25.2. The second-order valence-electron chi connectivity index (χ2n) is 10.4. The second-order valence-corrected chi connectivity index (χ2v) is 10.4. The lowest BCUT2D eigenvalue weighted by Gasteiger charge is -2.46. The van der Waals surface area contributed by atoms with Crippen molar-refractivity contribution in [3.05, 3.63) is 71.5 Å². The Morgan fingerprint density at radius 1 is 0.943 bits per heavy atom. The van der Waals surface area contributed by atoms with Gasteiger partial charge in [-0.1, -0.05) is 64.4 Å². The lowest BCUT2D eigenvalue weighted by atomic mass is 9.62. The van der Waals surface area contributed by atoms with E-state index in [2.05, 4.69) is 50.5 Å². The molecule has 0 radical (unpaired) electrons. The van der Waals surface area contributed by atoms with Crippen molar-refractivity contribution >= 4 is 16.4 Å². The Bertz CT molecular complexity index is 1430. The Labute approximate surface area is 205 Å². The molecular weight excluding hydrogens is 445 g/mol. The average molecular weight is 480 g/mol. The van der Waals surface area contributed by atoms with Gasteiger partial charge in [0, 0.05) is 11.0 Å². The summed E-state index contributed by atoms with van der Waals surface area (Å²) in [6, 6.07) is 13.5. The molecule has 0 N–H and O–H groups in total. The smallest absolute Gasteiger partial charge is 0.223 e. The number of aryl methyl sites for hydroxylation is 1. The zero-order valence-electron chi connectivity index (χ0n) is 21.3. The molecule has 0 saturated heterocycles. The van der Waals surface area contributed by atoms with Gasteiger partial charge in [-0.05, 0) is 61.3 Å². The molecule has 1 aliphatic rings. The van der Waals surface area contributed by atoms with E-state index in [1.807, 2.05) is 29.8 Å². The Hall–Kier alpha value is -2.82. The Morgan fingerprint density at radius 3 is 2.34 bits per heavy atom. The van der Waals surface area contributed by atoms with Gasteiger partial charge >= 0.3 is 6.18 Å². The molecule has 1 aliphatic heterocycles. The first-order chi connectivity index (χ1) is 16.6. The average Bonchev–Trinajstić information content (AvgIpc) is 3.25. The predicted octanol–water partition coefficient (Wildman–Crippen LogP) is 8.21. The molecule has 0 fully saturated rings. The third kappa shape index (κ3) is 3.19. The molecule has 2 atom stereocenters. The van der Waals surface area contributed by atoms with Gasteiger partial charge in [-0.2, -0.15) is 17.6 Å². The number of imidazole rings is 1. The molecule has 0 aliphatic carbocycles. The highest BCUT2D eigenvalue weighted by Crippen LogP contribution is 2.50. The van der Waals surface area contributed by atoms with Crippen molar-refractivity contribution in [3.63, 3.8) is 0 Å². The van der Waals surface area contributed by atoms with Crippen LogP contribution in [0.3, 0.4) is 0 Å². The minimum absolute atomic E-state index is 0.158. The maximum absolute atomic E-state index is 14.6. The molecule has 5 heteroatoms. The van der Waals surface area contributed by atoms with E-state index in [0.29, 0.717) is 17.7 Å². The topological polar surface area (TPSA) is 8.29 Å². The lowest BCUT2D eigenvalue weighted by molar-refractivity contribution is -0.750. The number of halogens is 3. The monoisotopic (exact) mass is 479 g/mol. The number of pyridine rings is 1.